The van der Waals surface area contributed by atoms with E-state index in [2.05, 4.69) is 0 Å². The molecule has 0 radical (unpaired) electrons. The fourth-order valence-electron chi connectivity index (χ4n) is 1.34. The lowest BCUT2D eigenvalue weighted by Gasteiger charge is -2.09. The van der Waals surface area contributed by atoms with Gasteiger partial charge in [0.05, 0.1) is 5.03 Å². The Morgan fingerprint density at radius 2 is 2.29 bits per heavy atom. The number of halogens is 3. The van der Waals surface area contributed by atoms with E-state index in [0.29, 0.717) is 11.5 Å². The molecule has 0 aliphatic rings. The second-order valence-corrected chi connectivity index (χ2v) is 4.49. The molecule has 0 fully saturated rings. The third-order valence-corrected chi connectivity index (χ3v) is 2.63. The van der Waals surface area contributed by atoms with Crippen LogP contribution in [0.15, 0.2) is 28.8 Å². The molecule has 0 aliphatic heterocycles. The molecule has 5 heteroatoms. The number of hydrogen-bond donors (Lipinski definition) is 1. The van der Waals surface area contributed by atoms with Gasteiger partial charge in [-0.25, -0.2) is 4.39 Å². The van der Waals surface area contributed by atoms with Gasteiger partial charge in [0.1, 0.15) is 6.61 Å². The summed E-state index contributed by atoms with van der Waals surface area (Å²) >= 11 is 11.0. The van der Waals surface area contributed by atoms with Crippen molar-refractivity contribution in [1.29, 1.82) is 0 Å². The molecule has 0 aromatic heterocycles. The van der Waals surface area contributed by atoms with Gasteiger partial charge in [0.2, 0.25) is 0 Å². The molecule has 0 amide bonds. The summed E-state index contributed by atoms with van der Waals surface area (Å²) in [5.41, 5.74) is 7.66. The molecule has 2 N–H and O–H groups in total. The van der Waals surface area contributed by atoms with Crippen LogP contribution in [0.5, 0.6) is 5.75 Å². The van der Waals surface area contributed by atoms with E-state index in [1.807, 2.05) is 6.92 Å². The highest BCUT2D eigenvalue weighted by atomic mass is 35.5. The maximum Gasteiger partial charge on any atom is 0.165 e. The lowest BCUT2D eigenvalue weighted by molar-refractivity contribution is 0.338. The van der Waals surface area contributed by atoms with E-state index in [0.717, 1.165) is 5.56 Å². The Kier molecular flexibility index (Phi) is 5.75. The van der Waals surface area contributed by atoms with Crippen molar-refractivity contribution in [2.75, 3.05) is 6.61 Å². The number of ether oxygens (including phenoxy) is 1. The normalized spacial score (nSPS) is 13.6. The van der Waals surface area contributed by atoms with Crippen LogP contribution in [0.25, 0.3) is 0 Å². The van der Waals surface area contributed by atoms with E-state index >= 15 is 0 Å². The van der Waals surface area contributed by atoms with Crippen molar-refractivity contribution in [1.82, 2.24) is 0 Å². The average molecular weight is 278 g/mol. The Bertz CT molecular complexity index is 407. The summed E-state index contributed by atoms with van der Waals surface area (Å²) in [5.74, 6) is -0.280. The van der Waals surface area contributed by atoms with Crippen molar-refractivity contribution in [3.63, 3.8) is 0 Å². The molecular weight excluding hydrogens is 264 g/mol. The first kappa shape index (κ1) is 14.3. The molecule has 0 heterocycles. The van der Waals surface area contributed by atoms with Crippen LogP contribution < -0.4 is 10.5 Å². The van der Waals surface area contributed by atoms with Crippen LogP contribution in [-0.4, -0.2) is 12.6 Å². The highest BCUT2D eigenvalue weighted by molar-refractivity contribution is 6.36. The number of nitrogens with two attached hydrogens (primary N) is 1. The predicted molar refractivity (Wildman–Crippen MR) is 69.0 cm³/mol. The topological polar surface area (TPSA) is 35.2 Å². The van der Waals surface area contributed by atoms with Crippen LogP contribution >= 0.6 is 23.2 Å². The lowest BCUT2D eigenvalue weighted by Crippen LogP contribution is -2.17. The zero-order chi connectivity index (χ0) is 12.8. The molecule has 94 valence electrons. The fraction of sp³-hybridized carbons (Fsp3) is 0.333. The Labute approximate surface area is 110 Å². The van der Waals surface area contributed by atoms with Gasteiger partial charge >= 0.3 is 0 Å². The first-order valence-corrected chi connectivity index (χ1v) is 5.96. The summed E-state index contributed by atoms with van der Waals surface area (Å²) in [6, 6.07) is 4.75. The van der Waals surface area contributed by atoms with Gasteiger partial charge in [0, 0.05) is 11.6 Å². The van der Waals surface area contributed by atoms with Gasteiger partial charge < -0.3 is 10.5 Å². The average Bonchev–Trinajstić information content (AvgIpc) is 2.26. The zero-order valence-corrected chi connectivity index (χ0v) is 10.9. The summed E-state index contributed by atoms with van der Waals surface area (Å²) < 4.78 is 18.8. The Hall–Kier alpha value is -0.770. The number of hydrogen-bond acceptors (Lipinski definition) is 2. The lowest BCUT2D eigenvalue weighted by atomic mass is 10.1. The maximum atomic E-state index is 13.6. The van der Waals surface area contributed by atoms with Crippen LogP contribution in [0, 0.1) is 5.82 Å². The molecule has 1 unspecified atom stereocenters. The third kappa shape index (κ3) is 4.94. The van der Waals surface area contributed by atoms with Crippen LogP contribution in [-0.2, 0) is 6.42 Å². The molecular formula is C12H14Cl2FNO. The van der Waals surface area contributed by atoms with E-state index < -0.39 is 5.82 Å². The smallest absolute Gasteiger partial charge is 0.165 e. The SMILES string of the molecule is CC(N)Cc1ccc(OC/C(Cl)=C/Cl)c(F)c1. The van der Waals surface area contributed by atoms with E-state index in [-0.39, 0.29) is 18.4 Å². The van der Waals surface area contributed by atoms with Gasteiger partial charge in [-0.05, 0) is 31.0 Å². The maximum absolute atomic E-state index is 13.6. The quantitative estimate of drug-likeness (QED) is 0.895. The predicted octanol–water partition coefficient (Wildman–Crippen LogP) is 3.41. The van der Waals surface area contributed by atoms with Crippen molar-refractivity contribution in [3.05, 3.63) is 40.1 Å². The van der Waals surface area contributed by atoms with E-state index in [4.69, 9.17) is 33.7 Å². The van der Waals surface area contributed by atoms with Gasteiger partial charge in [-0.2, -0.15) is 0 Å². The summed E-state index contributed by atoms with van der Waals surface area (Å²) in [6.45, 7) is 1.92. The van der Waals surface area contributed by atoms with Crippen molar-refractivity contribution in [2.24, 2.45) is 5.73 Å². The van der Waals surface area contributed by atoms with Gasteiger partial charge in [-0.15, -0.1) is 0 Å². The van der Waals surface area contributed by atoms with Crippen molar-refractivity contribution >= 4 is 23.2 Å². The Balaban J connectivity index is 2.69. The van der Waals surface area contributed by atoms with Gasteiger partial charge in [-0.1, -0.05) is 29.3 Å². The largest absolute Gasteiger partial charge is 0.485 e. The number of benzene rings is 1. The summed E-state index contributed by atoms with van der Waals surface area (Å²) in [5, 5.41) is 0.311. The fourth-order valence-corrected chi connectivity index (χ4v) is 1.46. The zero-order valence-electron chi connectivity index (χ0n) is 9.42. The molecule has 17 heavy (non-hydrogen) atoms. The molecule has 0 spiro atoms. The molecule has 1 rings (SSSR count). The van der Waals surface area contributed by atoms with E-state index in [9.17, 15) is 4.39 Å². The van der Waals surface area contributed by atoms with Gasteiger partial charge in [0.25, 0.3) is 0 Å². The van der Waals surface area contributed by atoms with Crippen LogP contribution in [0.1, 0.15) is 12.5 Å². The van der Waals surface area contributed by atoms with Crippen molar-refractivity contribution in [2.45, 2.75) is 19.4 Å². The summed E-state index contributed by atoms with van der Waals surface area (Å²) in [7, 11) is 0. The molecule has 0 saturated carbocycles. The highest BCUT2D eigenvalue weighted by Gasteiger charge is 2.06. The first-order valence-electron chi connectivity index (χ1n) is 5.14. The van der Waals surface area contributed by atoms with E-state index in [1.54, 1.807) is 12.1 Å². The van der Waals surface area contributed by atoms with Gasteiger partial charge in [0.15, 0.2) is 11.6 Å². The molecule has 1 aromatic rings. The van der Waals surface area contributed by atoms with Gasteiger partial charge in [-0.3, -0.25) is 0 Å². The molecule has 0 aliphatic carbocycles. The Morgan fingerprint density at radius 1 is 1.59 bits per heavy atom. The van der Waals surface area contributed by atoms with Crippen molar-refractivity contribution < 1.29 is 9.13 Å². The Morgan fingerprint density at radius 3 is 2.82 bits per heavy atom. The van der Waals surface area contributed by atoms with Crippen LogP contribution in [0.4, 0.5) is 4.39 Å². The molecule has 0 bridgehead atoms. The molecule has 1 aromatic carbocycles. The number of rotatable bonds is 5. The molecule has 1 atom stereocenters. The second-order valence-electron chi connectivity index (χ2n) is 3.79. The minimum Gasteiger partial charge on any atom is -0.485 e. The highest BCUT2D eigenvalue weighted by Crippen LogP contribution is 2.20. The third-order valence-electron chi connectivity index (χ3n) is 2.04. The summed E-state index contributed by atoms with van der Waals surface area (Å²) in [6.07, 6.45) is 0.625. The summed E-state index contributed by atoms with van der Waals surface area (Å²) in [4.78, 5) is 0. The standard InChI is InChI=1S/C12H14Cl2FNO/c1-8(16)4-9-2-3-12(11(15)5-9)17-7-10(14)6-13/h2-3,5-6,8H,4,7,16H2,1H3/b10-6-. The minimum absolute atomic E-state index is 0.00482. The van der Waals surface area contributed by atoms with Crippen molar-refractivity contribution in [3.8, 4) is 5.75 Å². The minimum atomic E-state index is -0.429. The van der Waals surface area contributed by atoms with Crippen LogP contribution in [0.3, 0.4) is 0 Å². The molecule has 0 saturated heterocycles. The first-order chi connectivity index (χ1) is 8.02. The molecule has 2 nitrogen and oxygen atoms in total. The van der Waals surface area contributed by atoms with Crippen LogP contribution in [0.2, 0.25) is 0 Å². The van der Waals surface area contributed by atoms with E-state index in [1.165, 1.54) is 11.6 Å². The second kappa shape index (κ2) is 6.84. The monoisotopic (exact) mass is 277 g/mol.